The summed E-state index contributed by atoms with van der Waals surface area (Å²) in [6.07, 6.45) is 6.14. The van der Waals surface area contributed by atoms with Crippen LogP contribution in [0.15, 0.2) is 0 Å². The fourth-order valence-corrected chi connectivity index (χ4v) is 2.36. The van der Waals surface area contributed by atoms with Crippen molar-refractivity contribution in [2.75, 3.05) is 6.54 Å². The lowest BCUT2D eigenvalue weighted by atomic mass is 9.98. The quantitative estimate of drug-likeness (QED) is 0.795. The van der Waals surface area contributed by atoms with Crippen molar-refractivity contribution in [1.29, 1.82) is 0 Å². The number of hydrogen-bond donors (Lipinski definition) is 2. The summed E-state index contributed by atoms with van der Waals surface area (Å²) in [6.45, 7) is 5.52. The van der Waals surface area contributed by atoms with Crippen LogP contribution < -0.4 is 5.32 Å². The van der Waals surface area contributed by atoms with Crippen molar-refractivity contribution in [3.8, 4) is 0 Å². The third-order valence-corrected chi connectivity index (χ3v) is 3.41. The van der Waals surface area contributed by atoms with Crippen LogP contribution in [0.1, 0.15) is 43.1 Å². The van der Waals surface area contributed by atoms with Gasteiger partial charge in [-0.25, -0.2) is 0 Å². The monoisotopic (exact) mass is 207 g/mol. The first-order valence-corrected chi connectivity index (χ1v) is 6.07. The van der Waals surface area contributed by atoms with E-state index in [1.54, 1.807) is 0 Å². The minimum absolute atomic E-state index is 0.655. The number of aromatic nitrogens is 2. The zero-order valence-electron chi connectivity index (χ0n) is 9.77. The largest absolute Gasteiger partial charge is 0.314 e. The SMILES string of the molecule is CCc1n[nH]c(CC2CCCCN2)c1C. The molecular weight excluding hydrogens is 186 g/mol. The third-order valence-electron chi connectivity index (χ3n) is 3.41. The van der Waals surface area contributed by atoms with Crippen molar-refractivity contribution >= 4 is 0 Å². The lowest BCUT2D eigenvalue weighted by Gasteiger charge is -2.23. The number of nitrogens with one attached hydrogen (secondary N) is 2. The zero-order valence-corrected chi connectivity index (χ0v) is 9.77. The van der Waals surface area contributed by atoms with Gasteiger partial charge in [0.1, 0.15) is 0 Å². The highest BCUT2D eigenvalue weighted by Gasteiger charge is 2.16. The molecule has 0 bridgehead atoms. The second kappa shape index (κ2) is 4.79. The summed E-state index contributed by atoms with van der Waals surface area (Å²) in [6, 6.07) is 0.655. The summed E-state index contributed by atoms with van der Waals surface area (Å²) in [4.78, 5) is 0. The van der Waals surface area contributed by atoms with Crippen LogP contribution in [0.3, 0.4) is 0 Å². The maximum atomic E-state index is 4.35. The first-order chi connectivity index (χ1) is 7.31. The highest BCUT2D eigenvalue weighted by Crippen LogP contribution is 2.16. The summed E-state index contributed by atoms with van der Waals surface area (Å²) < 4.78 is 0. The van der Waals surface area contributed by atoms with E-state index < -0.39 is 0 Å². The van der Waals surface area contributed by atoms with Gasteiger partial charge >= 0.3 is 0 Å². The molecule has 0 aromatic carbocycles. The molecule has 84 valence electrons. The number of aryl methyl sites for hydroxylation is 1. The van der Waals surface area contributed by atoms with Gasteiger partial charge in [0, 0.05) is 18.2 Å². The van der Waals surface area contributed by atoms with Gasteiger partial charge in [-0.15, -0.1) is 0 Å². The molecule has 1 saturated heterocycles. The Morgan fingerprint density at radius 2 is 2.27 bits per heavy atom. The van der Waals surface area contributed by atoms with E-state index in [0.29, 0.717) is 6.04 Å². The summed E-state index contributed by atoms with van der Waals surface area (Å²) in [7, 11) is 0. The van der Waals surface area contributed by atoms with Gasteiger partial charge in [-0.2, -0.15) is 5.10 Å². The number of hydrogen-bond acceptors (Lipinski definition) is 2. The topological polar surface area (TPSA) is 40.7 Å². The fraction of sp³-hybridized carbons (Fsp3) is 0.750. The molecule has 0 amide bonds. The minimum atomic E-state index is 0.655. The molecular formula is C12H21N3. The van der Waals surface area contributed by atoms with E-state index in [-0.39, 0.29) is 0 Å². The molecule has 3 heteroatoms. The first kappa shape index (κ1) is 10.7. The molecule has 0 radical (unpaired) electrons. The molecule has 1 aliphatic heterocycles. The van der Waals surface area contributed by atoms with Gasteiger partial charge in [-0.3, -0.25) is 5.10 Å². The van der Waals surface area contributed by atoms with Crippen molar-refractivity contribution in [3.63, 3.8) is 0 Å². The van der Waals surface area contributed by atoms with Crippen molar-refractivity contribution in [2.45, 2.75) is 52.0 Å². The van der Waals surface area contributed by atoms with Crippen molar-refractivity contribution in [3.05, 3.63) is 17.0 Å². The van der Waals surface area contributed by atoms with Crippen LogP contribution in [0.5, 0.6) is 0 Å². The van der Waals surface area contributed by atoms with Crippen molar-refractivity contribution in [1.82, 2.24) is 15.5 Å². The third kappa shape index (κ3) is 2.40. The van der Waals surface area contributed by atoms with Crippen LogP contribution in [-0.2, 0) is 12.8 Å². The van der Waals surface area contributed by atoms with E-state index in [0.717, 1.165) is 12.8 Å². The fourth-order valence-electron chi connectivity index (χ4n) is 2.36. The molecule has 1 aliphatic rings. The molecule has 1 aromatic rings. The summed E-state index contributed by atoms with van der Waals surface area (Å²) in [5.41, 5.74) is 3.91. The average Bonchev–Trinajstić information content (AvgIpc) is 2.62. The molecule has 3 nitrogen and oxygen atoms in total. The normalized spacial score (nSPS) is 21.9. The minimum Gasteiger partial charge on any atom is -0.314 e. The Labute approximate surface area is 91.7 Å². The van der Waals surface area contributed by atoms with E-state index in [1.165, 1.54) is 42.8 Å². The van der Waals surface area contributed by atoms with Crippen LogP contribution >= 0.6 is 0 Å². The molecule has 0 saturated carbocycles. The smallest absolute Gasteiger partial charge is 0.0651 e. The zero-order chi connectivity index (χ0) is 10.7. The number of piperidine rings is 1. The van der Waals surface area contributed by atoms with Crippen LogP contribution in [0.2, 0.25) is 0 Å². The molecule has 1 atom stereocenters. The Kier molecular flexibility index (Phi) is 3.41. The molecule has 2 heterocycles. The second-order valence-corrected chi connectivity index (χ2v) is 4.48. The summed E-state index contributed by atoms with van der Waals surface area (Å²) in [5.74, 6) is 0. The van der Waals surface area contributed by atoms with E-state index in [9.17, 15) is 0 Å². The molecule has 2 rings (SSSR count). The van der Waals surface area contributed by atoms with Gasteiger partial charge < -0.3 is 5.32 Å². The molecule has 1 fully saturated rings. The van der Waals surface area contributed by atoms with Gasteiger partial charge in [0.15, 0.2) is 0 Å². The molecule has 1 unspecified atom stereocenters. The number of aromatic amines is 1. The van der Waals surface area contributed by atoms with Gasteiger partial charge in [0.05, 0.1) is 5.69 Å². The standard InChI is InChI=1S/C12H21N3/c1-3-11-9(2)12(15-14-11)8-10-6-4-5-7-13-10/h10,13H,3-8H2,1-2H3,(H,14,15). The van der Waals surface area contributed by atoms with Gasteiger partial charge in [0.2, 0.25) is 0 Å². The van der Waals surface area contributed by atoms with E-state index >= 15 is 0 Å². The van der Waals surface area contributed by atoms with Crippen LogP contribution in [0.25, 0.3) is 0 Å². The van der Waals surface area contributed by atoms with Gasteiger partial charge in [0.25, 0.3) is 0 Å². The lowest BCUT2D eigenvalue weighted by Crippen LogP contribution is -2.35. The van der Waals surface area contributed by atoms with Crippen LogP contribution in [-0.4, -0.2) is 22.8 Å². The molecule has 2 N–H and O–H groups in total. The number of nitrogens with zero attached hydrogens (tertiary/aromatic N) is 1. The highest BCUT2D eigenvalue weighted by atomic mass is 15.1. The highest BCUT2D eigenvalue weighted by molar-refractivity contribution is 5.24. The summed E-state index contributed by atoms with van der Waals surface area (Å²) >= 11 is 0. The number of H-pyrrole nitrogens is 1. The Morgan fingerprint density at radius 1 is 1.40 bits per heavy atom. The van der Waals surface area contributed by atoms with E-state index in [2.05, 4.69) is 29.4 Å². The first-order valence-electron chi connectivity index (χ1n) is 6.07. The molecule has 15 heavy (non-hydrogen) atoms. The van der Waals surface area contributed by atoms with Gasteiger partial charge in [-0.1, -0.05) is 13.3 Å². The molecule has 0 spiro atoms. The maximum absolute atomic E-state index is 4.35. The lowest BCUT2D eigenvalue weighted by molar-refractivity contribution is 0.396. The van der Waals surface area contributed by atoms with Crippen LogP contribution in [0, 0.1) is 6.92 Å². The van der Waals surface area contributed by atoms with E-state index in [1.807, 2.05) is 0 Å². The predicted octanol–water partition coefficient (Wildman–Crippen LogP) is 1.97. The summed E-state index contributed by atoms with van der Waals surface area (Å²) in [5, 5.41) is 11.1. The Morgan fingerprint density at radius 3 is 2.87 bits per heavy atom. The Bertz CT molecular complexity index is 311. The van der Waals surface area contributed by atoms with Crippen molar-refractivity contribution < 1.29 is 0 Å². The van der Waals surface area contributed by atoms with E-state index in [4.69, 9.17) is 0 Å². The average molecular weight is 207 g/mol. The maximum Gasteiger partial charge on any atom is 0.0651 e. The van der Waals surface area contributed by atoms with Gasteiger partial charge in [-0.05, 0) is 38.3 Å². The van der Waals surface area contributed by atoms with Crippen molar-refractivity contribution in [2.24, 2.45) is 0 Å². The Balaban J connectivity index is 2.00. The Hall–Kier alpha value is -0.830. The van der Waals surface area contributed by atoms with Crippen LogP contribution in [0.4, 0.5) is 0 Å². The molecule has 0 aliphatic carbocycles. The molecule has 1 aromatic heterocycles. The second-order valence-electron chi connectivity index (χ2n) is 4.48. The number of rotatable bonds is 3. The predicted molar refractivity (Wildman–Crippen MR) is 62.0 cm³/mol.